The van der Waals surface area contributed by atoms with Crippen LogP contribution in [0.1, 0.15) is 5.56 Å². The average molecular weight is 232 g/mol. The molecule has 2 N–H and O–H groups in total. The smallest absolute Gasteiger partial charge is 0.115 e. The lowest BCUT2D eigenvalue weighted by atomic mass is 10.2. The normalized spacial score (nSPS) is 10.3. The van der Waals surface area contributed by atoms with Crippen LogP contribution in [0, 0.1) is 6.92 Å². The van der Waals surface area contributed by atoms with Crippen LogP contribution in [0.5, 0.6) is 11.5 Å². The largest absolute Gasteiger partial charge is 0.508 e. The molecule has 0 aliphatic heterocycles. The Kier molecular flexibility index (Phi) is 3.06. The molecule has 0 aliphatic rings. The van der Waals surface area contributed by atoms with Gasteiger partial charge >= 0.3 is 0 Å². The van der Waals surface area contributed by atoms with Gasteiger partial charge in [0.2, 0.25) is 0 Å². The molecule has 0 saturated heterocycles. The van der Waals surface area contributed by atoms with Crippen LogP contribution in [-0.4, -0.2) is 10.2 Å². The standard InChI is InChI=1S/C13H12O2S/c1-9-8-11(15)4-7-13(9)16-12-5-2-10(14)3-6-12/h2-8,14-15H,1H3. The highest BCUT2D eigenvalue weighted by molar-refractivity contribution is 7.99. The Hall–Kier alpha value is -1.61. The summed E-state index contributed by atoms with van der Waals surface area (Å²) in [6.45, 7) is 1.96. The Labute approximate surface area is 98.6 Å². The maximum Gasteiger partial charge on any atom is 0.115 e. The quantitative estimate of drug-likeness (QED) is 0.831. The van der Waals surface area contributed by atoms with E-state index in [0.29, 0.717) is 0 Å². The molecule has 0 radical (unpaired) electrons. The van der Waals surface area contributed by atoms with E-state index in [1.165, 1.54) is 0 Å². The molecule has 16 heavy (non-hydrogen) atoms. The van der Waals surface area contributed by atoms with Gasteiger partial charge in [0.05, 0.1) is 0 Å². The summed E-state index contributed by atoms with van der Waals surface area (Å²) < 4.78 is 0. The molecule has 3 heteroatoms. The molecule has 0 spiro atoms. The zero-order chi connectivity index (χ0) is 11.5. The molecule has 0 bridgehead atoms. The minimum absolute atomic E-state index is 0.270. The van der Waals surface area contributed by atoms with Crippen molar-refractivity contribution in [3.63, 3.8) is 0 Å². The van der Waals surface area contributed by atoms with Crippen LogP contribution in [0.25, 0.3) is 0 Å². The number of benzene rings is 2. The van der Waals surface area contributed by atoms with Crippen LogP contribution in [0.2, 0.25) is 0 Å². The third-order valence-electron chi connectivity index (χ3n) is 2.22. The van der Waals surface area contributed by atoms with Gasteiger partial charge in [-0.15, -0.1) is 0 Å². The molecule has 0 atom stereocenters. The summed E-state index contributed by atoms with van der Waals surface area (Å²) in [6.07, 6.45) is 0. The topological polar surface area (TPSA) is 40.5 Å². The van der Waals surface area contributed by atoms with E-state index in [4.69, 9.17) is 0 Å². The van der Waals surface area contributed by atoms with Crippen LogP contribution in [0.3, 0.4) is 0 Å². The summed E-state index contributed by atoms with van der Waals surface area (Å²) in [5, 5.41) is 18.5. The lowest BCUT2D eigenvalue weighted by molar-refractivity contribution is 0.474. The zero-order valence-corrected chi connectivity index (χ0v) is 9.66. The van der Waals surface area contributed by atoms with E-state index in [0.717, 1.165) is 15.4 Å². The van der Waals surface area contributed by atoms with Gasteiger partial charge < -0.3 is 10.2 Å². The van der Waals surface area contributed by atoms with Gasteiger partial charge in [-0.1, -0.05) is 11.8 Å². The number of phenolic OH excluding ortho intramolecular Hbond substituents is 2. The summed E-state index contributed by atoms with van der Waals surface area (Å²) in [7, 11) is 0. The van der Waals surface area contributed by atoms with E-state index >= 15 is 0 Å². The Bertz CT molecular complexity index is 492. The molecule has 0 aliphatic carbocycles. The maximum absolute atomic E-state index is 9.30. The molecule has 82 valence electrons. The molecule has 0 aromatic heterocycles. The van der Waals surface area contributed by atoms with Gasteiger partial charge in [-0.3, -0.25) is 0 Å². The third kappa shape index (κ3) is 2.49. The Morgan fingerprint density at radius 2 is 1.50 bits per heavy atom. The van der Waals surface area contributed by atoms with Crippen LogP contribution in [0.15, 0.2) is 52.3 Å². The van der Waals surface area contributed by atoms with E-state index in [2.05, 4.69) is 0 Å². The van der Waals surface area contributed by atoms with Crippen LogP contribution in [-0.2, 0) is 0 Å². The first-order chi connectivity index (χ1) is 7.65. The van der Waals surface area contributed by atoms with Gasteiger partial charge in [0.1, 0.15) is 11.5 Å². The zero-order valence-electron chi connectivity index (χ0n) is 8.84. The highest BCUT2D eigenvalue weighted by atomic mass is 32.2. The number of rotatable bonds is 2. The van der Waals surface area contributed by atoms with Crippen molar-refractivity contribution >= 4 is 11.8 Å². The van der Waals surface area contributed by atoms with Gasteiger partial charge in [-0.05, 0) is 55.0 Å². The number of aryl methyl sites for hydroxylation is 1. The van der Waals surface area contributed by atoms with Crippen LogP contribution < -0.4 is 0 Å². The molecule has 0 unspecified atom stereocenters. The minimum atomic E-state index is 0.270. The van der Waals surface area contributed by atoms with Gasteiger partial charge in [0.25, 0.3) is 0 Å². The highest BCUT2D eigenvalue weighted by Gasteiger charge is 2.02. The highest BCUT2D eigenvalue weighted by Crippen LogP contribution is 2.32. The Morgan fingerprint density at radius 3 is 2.12 bits per heavy atom. The summed E-state index contributed by atoms with van der Waals surface area (Å²) in [5.74, 6) is 0.555. The lowest BCUT2D eigenvalue weighted by Gasteiger charge is -2.05. The maximum atomic E-state index is 9.30. The lowest BCUT2D eigenvalue weighted by Crippen LogP contribution is -1.79. The predicted molar refractivity (Wildman–Crippen MR) is 65.1 cm³/mol. The first-order valence-electron chi connectivity index (χ1n) is 4.91. The second-order valence-electron chi connectivity index (χ2n) is 3.55. The number of hydrogen-bond donors (Lipinski definition) is 2. The van der Waals surface area contributed by atoms with Crippen molar-refractivity contribution in [2.45, 2.75) is 16.7 Å². The summed E-state index contributed by atoms with van der Waals surface area (Å²) in [5.41, 5.74) is 1.04. The van der Waals surface area contributed by atoms with Crippen LogP contribution in [0.4, 0.5) is 0 Å². The molecule has 2 aromatic rings. The molecular formula is C13H12O2S. The molecule has 0 fully saturated rings. The fourth-order valence-electron chi connectivity index (χ4n) is 1.39. The minimum Gasteiger partial charge on any atom is -0.508 e. The van der Waals surface area contributed by atoms with Gasteiger partial charge in [-0.2, -0.15) is 0 Å². The van der Waals surface area contributed by atoms with E-state index in [1.54, 1.807) is 36.0 Å². The van der Waals surface area contributed by atoms with Crippen molar-refractivity contribution in [3.05, 3.63) is 48.0 Å². The molecule has 0 saturated carbocycles. The second-order valence-corrected chi connectivity index (χ2v) is 4.66. The van der Waals surface area contributed by atoms with E-state index in [9.17, 15) is 10.2 Å². The average Bonchev–Trinajstić information content (AvgIpc) is 2.25. The van der Waals surface area contributed by atoms with Gasteiger partial charge in [-0.25, -0.2) is 0 Å². The molecule has 0 amide bonds. The molecule has 2 rings (SSSR count). The summed E-state index contributed by atoms with van der Waals surface area (Å²) >= 11 is 1.61. The fraction of sp³-hybridized carbons (Fsp3) is 0.0769. The van der Waals surface area contributed by atoms with Crippen molar-refractivity contribution in [2.24, 2.45) is 0 Å². The van der Waals surface area contributed by atoms with Gasteiger partial charge in [0.15, 0.2) is 0 Å². The van der Waals surface area contributed by atoms with Crippen LogP contribution >= 0.6 is 11.8 Å². The predicted octanol–water partition coefficient (Wildman–Crippen LogP) is 3.56. The first-order valence-corrected chi connectivity index (χ1v) is 5.73. The molecule has 0 heterocycles. The molecule has 2 nitrogen and oxygen atoms in total. The van der Waals surface area contributed by atoms with E-state index in [-0.39, 0.29) is 11.5 Å². The van der Waals surface area contributed by atoms with Crippen molar-refractivity contribution < 1.29 is 10.2 Å². The SMILES string of the molecule is Cc1cc(O)ccc1Sc1ccc(O)cc1. The summed E-state index contributed by atoms with van der Waals surface area (Å²) in [6, 6.07) is 12.4. The second kappa shape index (κ2) is 4.49. The van der Waals surface area contributed by atoms with Crippen molar-refractivity contribution in [3.8, 4) is 11.5 Å². The van der Waals surface area contributed by atoms with Crippen molar-refractivity contribution in [2.75, 3.05) is 0 Å². The molecule has 2 aromatic carbocycles. The number of aromatic hydroxyl groups is 2. The first kappa shape index (κ1) is 10.9. The Balaban J connectivity index is 2.23. The Morgan fingerprint density at radius 1 is 0.875 bits per heavy atom. The van der Waals surface area contributed by atoms with Crippen molar-refractivity contribution in [1.29, 1.82) is 0 Å². The van der Waals surface area contributed by atoms with Gasteiger partial charge in [0, 0.05) is 9.79 Å². The van der Waals surface area contributed by atoms with Crippen molar-refractivity contribution in [1.82, 2.24) is 0 Å². The van der Waals surface area contributed by atoms with E-state index < -0.39 is 0 Å². The number of hydrogen-bond acceptors (Lipinski definition) is 3. The monoisotopic (exact) mass is 232 g/mol. The molecular weight excluding hydrogens is 220 g/mol. The number of phenols is 2. The fourth-order valence-corrected chi connectivity index (χ4v) is 2.27. The van der Waals surface area contributed by atoms with E-state index in [1.807, 2.05) is 25.1 Å². The summed E-state index contributed by atoms with van der Waals surface area (Å²) in [4.78, 5) is 2.16. The third-order valence-corrected chi connectivity index (χ3v) is 3.41.